The Hall–Kier alpha value is -3.14. The lowest BCUT2D eigenvalue weighted by molar-refractivity contribution is -0.0275. The van der Waals surface area contributed by atoms with Gasteiger partial charge in [-0.25, -0.2) is 0 Å². The number of ketones is 2. The first-order valence-corrected chi connectivity index (χ1v) is 14.2. The summed E-state index contributed by atoms with van der Waals surface area (Å²) in [6.45, 7) is 20.1. The van der Waals surface area contributed by atoms with Gasteiger partial charge >= 0.3 is 0 Å². The number of hydrogen-bond donors (Lipinski definition) is 0. The Balaban J connectivity index is 1.90. The minimum Gasteiger partial charge on any atom is -0.488 e. The van der Waals surface area contributed by atoms with Gasteiger partial charge < -0.3 is 9.47 Å². The van der Waals surface area contributed by atoms with Gasteiger partial charge in [-0.3, -0.25) is 9.59 Å². The molecule has 0 amide bonds. The first-order valence-electron chi connectivity index (χ1n) is 14.2. The molecule has 0 heterocycles. The fourth-order valence-corrected chi connectivity index (χ4v) is 4.86. The van der Waals surface area contributed by atoms with Gasteiger partial charge in [-0.15, -0.1) is 0 Å². The molecule has 39 heavy (non-hydrogen) atoms. The molecule has 4 heteroatoms. The highest BCUT2D eigenvalue weighted by molar-refractivity contribution is 6.04. The van der Waals surface area contributed by atoms with Crippen LogP contribution in [0.2, 0.25) is 0 Å². The zero-order chi connectivity index (χ0) is 29.2. The van der Waals surface area contributed by atoms with E-state index in [-0.39, 0.29) is 17.2 Å². The molecule has 3 aromatic rings. The fraction of sp³-hybridized carbons (Fsp3) is 0.486. The van der Waals surface area contributed by atoms with Gasteiger partial charge in [-0.2, -0.15) is 0 Å². The van der Waals surface area contributed by atoms with E-state index in [1.54, 1.807) is 0 Å². The molecule has 3 rings (SSSR count). The molecule has 4 nitrogen and oxygen atoms in total. The molecule has 0 spiro atoms. The molecular weight excluding hydrogens is 484 g/mol. The molecule has 0 radical (unpaired) electrons. The summed E-state index contributed by atoms with van der Waals surface area (Å²) < 4.78 is 12.7. The van der Waals surface area contributed by atoms with E-state index in [4.69, 9.17) is 9.47 Å². The second-order valence-electron chi connectivity index (χ2n) is 12.7. The van der Waals surface area contributed by atoms with Crippen molar-refractivity contribution in [3.63, 3.8) is 0 Å². The van der Waals surface area contributed by atoms with Crippen LogP contribution in [0.4, 0.5) is 0 Å². The number of carbonyl (C=O) groups is 2. The van der Waals surface area contributed by atoms with E-state index < -0.39 is 16.4 Å². The van der Waals surface area contributed by atoms with Crippen molar-refractivity contribution in [2.45, 2.75) is 99.7 Å². The molecule has 0 aliphatic carbocycles. The topological polar surface area (TPSA) is 52.6 Å². The summed E-state index contributed by atoms with van der Waals surface area (Å²) in [6.07, 6.45) is 2.17. The molecule has 0 aliphatic heterocycles. The maximum Gasteiger partial charge on any atom is 0.172 e. The zero-order valence-corrected chi connectivity index (χ0v) is 25.5. The molecule has 0 bridgehead atoms. The Labute approximate surface area is 235 Å². The third kappa shape index (κ3) is 6.37. The van der Waals surface area contributed by atoms with Crippen molar-refractivity contribution in [3.05, 3.63) is 71.8 Å². The maximum atomic E-state index is 14.1. The lowest BCUT2D eigenvalue weighted by atomic mass is 9.66. The number of fused-ring (bicyclic) bond motifs is 1. The van der Waals surface area contributed by atoms with Crippen LogP contribution in [-0.2, 0) is 0 Å². The van der Waals surface area contributed by atoms with Crippen LogP contribution in [0.1, 0.15) is 109 Å². The molecule has 0 fully saturated rings. The van der Waals surface area contributed by atoms with E-state index in [1.165, 1.54) is 0 Å². The summed E-state index contributed by atoms with van der Waals surface area (Å²) in [5.41, 5.74) is -0.890. The SMILES string of the molecule is CCC(C)(C)Oc1ccc2cc(C(=O)C(C)(CC)C(C)(CC)Oc3ccc(C(=O)C(C)(C)C)cc3)ccc2c1. The van der Waals surface area contributed by atoms with Crippen LogP contribution in [0.25, 0.3) is 10.8 Å². The van der Waals surface area contributed by atoms with Crippen molar-refractivity contribution in [1.82, 2.24) is 0 Å². The summed E-state index contributed by atoms with van der Waals surface area (Å²) in [7, 11) is 0. The predicted octanol–water partition coefficient (Wildman–Crippen LogP) is 9.48. The highest BCUT2D eigenvalue weighted by Gasteiger charge is 2.50. The summed E-state index contributed by atoms with van der Waals surface area (Å²) in [6, 6.07) is 19.2. The number of hydrogen-bond acceptors (Lipinski definition) is 4. The average molecular weight is 531 g/mol. The van der Waals surface area contributed by atoms with Crippen molar-refractivity contribution in [1.29, 1.82) is 0 Å². The Morgan fingerprint density at radius 1 is 0.590 bits per heavy atom. The van der Waals surface area contributed by atoms with E-state index in [9.17, 15) is 9.59 Å². The minimum atomic E-state index is -0.774. The Morgan fingerprint density at radius 3 is 1.67 bits per heavy atom. The van der Waals surface area contributed by atoms with E-state index in [1.807, 2.05) is 102 Å². The second kappa shape index (κ2) is 11.2. The summed E-state index contributed by atoms with van der Waals surface area (Å²) >= 11 is 0. The smallest absolute Gasteiger partial charge is 0.172 e. The average Bonchev–Trinajstić information content (AvgIpc) is 2.91. The molecule has 2 atom stereocenters. The zero-order valence-electron chi connectivity index (χ0n) is 25.5. The molecule has 3 aromatic carbocycles. The number of Topliss-reactive ketones (excluding diaryl/α,β-unsaturated/α-hetero) is 2. The lowest BCUT2D eigenvalue weighted by Gasteiger charge is -2.44. The molecule has 0 aliphatic rings. The van der Waals surface area contributed by atoms with Gasteiger partial charge in [0.1, 0.15) is 22.7 Å². The second-order valence-corrected chi connectivity index (χ2v) is 12.7. The Bertz CT molecular complexity index is 1330. The largest absolute Gasteiger partial charge is 0.488 e. The quantitative estimate of drug-likeness (QED) is 0.232. The van der Waals surface area contributed by atoms with Crippen molar-refractivity contribution in [2.24, 2.45) is 10.8 Å². The van der Waals surface area contributed by atoms with Crippen LogP contribution in [0.5, 0.6) is 11.5 Å². The van der Waals surface area contributed by atoms with Gasteiger partial charge in [0.2, 0.25) is 0 Å². The van der Waals surface area contributed by atoms with Crippen molar-refractivity contribution in [2.75, 3.05) is 0 Å². The van der Waals surface area contributed by atoms with Gasteiger partial charge in [0.15, 0.2) is 11.6 Å². The van der Waals surface area contributed by atoms with Gasteiger partial charge in [-0.05, 0) is 100 Å². The summed E-state index contributed by atoms with van der Waals surface area (Å²) in [5, 5.41) is 2.03. The summed E-state index contributed by atoms with van der Waals surface area (Å²) in [4.78, 5) is 26.8. The third-order valence-electron chi connectivity index (χ3n) is 8.51. The fourth-order valence-electron chi connectivity index (χ4n) is 4.86. The molecule has 2 unspecified atom stereocenters. The molecule has 210 valence electrons. The van der Waals surface area contributed by atoms with Crippen LogP contribution < -0.4 is 9.47 Å². The molecular formula is C35H46O4. The monoisotopic (exact) mass is 530 g/mol. The predicted molar refractivity (Wildman–Crippen MR) is 161 cm³/mol. The van der Waals surface area contributed by atoms with Gasteiger partial charge in [0.05, 0.1) is 5.41 Å². The number of carbonyl (C=O) groups excluding carboxylic acids is 2. The van der Waals surface area contributed by atoms with Crippen LogP contribution in [0.15, 0.2) is 60.7 Å². The van der Waals surface area contributed by atoms with Crippen molar-refractivity contribution in [3.8, 4) is 11.5 Å². The first-order chi connectivity index (χ1) is 18.1. The molecule has 0 N–H and O–H groups in total. The Morgan fingerprint density at radius 2 is 1.13 bits per heavy atom. The first kappa shape index (κ1) is 30.4. The maximum absolute atomic E-state index is 14.1. The molecule has 0 saturated carbocycles. The standard InChI is InChI=1S/C35H46O4/c1-11-33(7,8)38-29-21-18-25-22-27(15-14-26(25)23-29)31(37)34(9,12-2)35(10,13-3)39-28-19-16-24(17-20-28)30(36)32(4,5)6/h14-23H,11-13H2,1-10H3. The minimum absolute atomic E-state index is 0.0585. The van der Waals surface area contributed by atoms with Crippen LogP contribution in [-0.4, -0.2) is 22.8 Å². The van der Waals surface area contributed by atoms with E-state index in [2.05, 4.69) is 27.7 Å². The molecule has 0 aromatic heterocycles. The van der Waals surface area contributed by atoms with Crippen molar-refractivity contribution < 1.29 is 19.1 Å². The van der Waals surface area contributed by atoms with E-state index >= 15 is 0 Å². The molecule has 0 saturated heterocycles. The Kier molecular flexibility index (Phi) is 8.69. The lowest BCUT2D eigenvalue weighted by Crippen LogP contribution is -2.52. The van der Waals surface area contributed by atoms with Gasteiger partial charge in [-0.1, -0.05) is 59.7 Å². The van der Waals surface area contributed by atoms with Crippen molar-refractivity contribution >= 4 is 22.3 Å². The highest BCUT2D eigenvalue weighted by Crippen LogP contribution is 2.44. The van der Waals surface area contributed by atoms with Crippen LogP contribution in [0.3, 0.4) is 0 Å². The highest BCUT2D eigenvalue weighted by atomic mass is 16.5. The third-order valence-corrected chi connectivity index (χ3v) is 8.51. The number of rotatable bonds is 11. The van der Waals surface area contributed by atoms with Crippen LogP contribution in [0, 0.1) is 10.8 Å². The summed E-state index contributed by atoms with van der Waals surface area (Å²) in [5.74, 6) is 1.63. The van der Waals surface area contributed by atoms with E-state index in [0.29, 0.717) is 29.7 Å². The number of benzene rings is 3. The van der Waals surface area contributed by atoms with Crippen LogP contribution >= 0.6 is 0 Å². The number of ether oxygens (including phenoxy) is 2. The van der Waals surface area contributed by atoms with E-state index in [0.717, 1.165) is 22.9 Å². The van der Waals surface area contributed by atoms with Gasteiger partial charge in [0.25, 0.3) is 0 Å². The van der Waals surface area contributed by atoms with Gasteiger partial charge in [0, 0.05) is 16.5 Å². The normalized spacial score (nSPS) is 15.3.